The maximum atomic E-state index is 7.00. The Morgan fingerprint density at radius 2 is 1.10 bits per heavy atom. The van der Waals surface area contributed by atoms with Crippen molar-refractivity contribution >= 4 is 55.3 Å². The summed E-state index contributed by atoms with van der Waals surface area (Å²) in [5.41, 5.74) is 20.3. The molecule has 0 bridgehead atoms. The lowest BCUT2D eigenvalue weighted by Gasteiger charge is -2.35. The molecule has 2 nitrogen and oxygen atoms in total. The number of rotatable bonds is 5. The fraction of sp³-hybridized carbons (Fsp3) is 0.0667. The highest BCUT2D eigenvalue weighted by Gasteiger charge is 2.53. The van der Waals surface area contributed by atoms with Gasteiger partial charge in [0.1, 0.15) is 11.2 Å². The molecule has 1 atom stereocenters. The third-order valence-electron chi connectivity index (χ3n) is 13.8. The van der Waals surface area contributed by atoms with Crippen LogP contribution in [0.25, 0.3) is 71.7 Å². The molecule has 0 N–H and O–H groups in total. The number of benzene rings is 9. The first-order valence-corrected chi connectivity index (χ1v) is 21.8. The van der Waals surface area contributed by atoms with Crippen molar-refractivity contribution in [1.82, 2.24) is 0 Å². The number of fused-ring (bicyclic) bond motifs is 14. The molecule has 1 aromatic heterocycles. The molecule has 1 heterocycles. The minimum atomic E-state index is -0.407. The highest BCUT2D eigenvalue weighted by Crippen LogP contribution is 2.64. The van der Waals surface area contributed by atoms with E-state index in [0.29, 0.717) is 5.92 Å². The Balaban J connectivity index is 1.13. The second-order valence-corrected chi connectivity index (χ2v) is 17.2. The fourth-order valence-electron chi connectivity index (χ4n) is 11.3. The van der Waals surface area contributed by atoms with Crippen molar-refractivity contribution in [3.05, 3.63) is 240 Å². The normalized spacial score (nSPS) is 15.6. The second kappa shape index (κ2) is 13.4. The molecule has 3 aliphatic rings. The first-order chi connectivity index (χ1) is 30.7. The van der Waals surface area contributed by atoms with Crippen molar-refractivity contribution in [3.63, 3.8) is 0 Å². The van der Waals surface area contributed by atoms with Crippen molar-refractivity contribution in [2.45, 2.75) is 18.8 Å². The van der Waals surface area contributed by atoms with Gasteiger partial charge in [0, 0.05) is 22.0 Å². The monoisotopic (exact) mass is 791 g/mol. The summed E-state index contributed by atoms with van der Waals surface area (Å²) in [5.74, 6) is 0.442. The van der Waals surface area contributed by atoms with Gasteiger partial charge in [-0.3, -0.25) is 0 Å². The quantitative estimate of drug-likeness (QED) is 0.173. The van der Waals surface area contributed by atoms with Crippen molar-refractivity contribution < 1.29 is 4.42 Å². The lowest BCUT2D eigenvalue weighted by molar-refractivity contribution is 0.630. The lowest BCUT2D eigenvalue weighted by Crippen LogP contribution is -2.29. The summed E-state index contributed by atoms with van der Waals surface area (Å²) in [6, 6.07) is 73.6. The van der Waals surface area contributed by atoms with Crippen LogP contribution in [0, 0.1) is 5.92 Å². The molecule has 10 aromatic rings. The van der Waals surface area contributed by atoms with Crippen LogP contribution in [0.4, 0.5) is 17.1 Å². The molecule has 0 radical (unpaired) electrons. The number of anilines is 3. The maximum absolute atomic E-state index is 7.00. The molecule has 0 saturated carbocycles. The van der Waals surface area contributed by atoms with Gasteiger partial charge in [-0.15, -0.1) is 0 Å². The number of allylic oxidation sites excluding steroid dienone is 4. The number of para-hydroxylation sites is 1. The summed E-state index contributed by atoms with van der Waals surface area (Å²) in [5, 5.41) is 4.48. The third-order valence-corrected chi connectivity index (χ3v) is 13.8. The van der Waals surface area contributed by atoms with E-state index in [1.807, 2.05) is 0 Å². The topological polar surface area (TPSA) is 16.4 Å². The Hall–Kier alpha value is -7.68. The number of nitrogens with zero attached hydrogens (tertiary/aromatic N) is 1. The van der Waals surface area contributed by atoms with Gasteiger partial charge in [0.2, 0.25) is 0 Å². The van der Waals surface area contributed by atoms with Gasteiger partial charge in [0.25, 0.3) is 0 Å². The predicted octanol–water partition coefficient (Wildman–Crippen LogP) is 16.2. The van der Waals surface area contributed by atoms with Crippen LogP contribution in [0.15, 0.2) is 222 Å². The zero-order chi connectivity index (χ0) is 40.9. The Kier molecular flexibility index (Phi) is 7.60. The summed E-state index contributed by atoms with van der Waals surface area (Å²) in [6.45, 7) is 2.36. The highest BCUT2D eigenvalue weighted by molar-refractivity contribution is 6.22. The van der Waals surface area contributed by atoms with Crippen LogP contribution < -0.4 is 4.90 Å². The van der Waals surface area contributed by atoms with E-state index < -0.39 is 5.41 Å². The Morgan fingerprint density at radius 1 is 0.484 bits per heavy atom. The molecule has 2 heteroatoms. The second-order valence-electron chi connectivity index (χ2n) is 17.2. The molecule has 0 fully saturated rings. The molecule has 9 aromatic carbocycles. The molecule has 62 heavy (non-hydrogen) atoms. The summed E-state index contributed by atoms with van der Waals surface area (Å²) >= 11 is 0. The first-order valence-electron chi connectivity index (χ1n) is 21.8. The van der Waals surface area contributed by atoms with E-state index in [2.05, 4.69) is 224 Å². The van der Waals surface area contributed by atoms with Gasteiger partial charge >= 0.3 is 0 Å². The van der Waals surface area contributed by atoms with Gasteiger partial charge in [-0.05, 0) is 115 Å². The zero-order valence-corrected chi connectivity index (χ0v) is 34.3. The van der Waals surface area contributed by atoms with Crippen LogP contribution in [0.2, 0.25) is 0 Å². The van der Waals surface area contributed by atoms with E-state index in [0.717, 1.165) is 56.4 Å². The van der Waals surface area contributed by atoms with Crippen LogP contribution in [-0.2, 0) is 5.41 Å². The molecule has 0 amide bonds. The van der Waals surface area contributed by atoms with Gasteiger partial charge in [0.05, 0.1) is 22.2 Å². The molecular formula is C60H41NO. The first kappa shape index (κ1) is 35.1. The SMILES string of the molecule is CC1C=CC2=C(C1)C1(c3cc(N(c4ccccc4-c4ccccc4)c4cccc5oc6c7ccccc7c(-c7ccccc7)cc6c45)ccc32)c2ccccc2-c2ccccc21. The molecule has 1 unspecified atom stereocenters. The zero-order valence-electron chi connectivity index (χ0n) is 34.3. The molecule has 1 spiro atoms. The average Bonchev–Trinajstić information content (AvgIpc) is 3.96. The minimum Gasteiger partial charge on any atom is -0.455 e. The van der Waals surface area contributed by atoms with Crippen LogP contribution in [0.1, 0.15) is 35.6 Å². The molecule has 13 rings (SSSR count). The maximum Gasteiger partial charge on any atom is 0.143 e. The standard InChI is InChI=1S/C60H41NO/c1-38-31-33-46-47-34-32-41(36-54(47)60(53(46)35-38)51-26-13-10-23-44(51)45-24-11-14-27-52(45)60)61(55-28-15-12-21-42(55)39-17-4-2-5-18-39)56-29-16-30-57-58(56)50-37-49(40-19-6-3-7-20-40)43-22-8-9-25-48(43)59(50)62-57/h2-34,36-38H,35H2,1H3. The predicted molar refractivity (Wildman–Crippen MR) is 258 cm³/mol. The number of furan rings is 1. The van der Waals surface area contributed by atoms with E-state index in [1.54, 1.807) is 0 Å². The fourth-order valence-corrected chi connectivity index (χ4v) is 11.3. The van der Waals surface area contributed by atoms with Gasteiger partial charge in [-0.2, -0.15) is 0 Å². The highest BCUT2D eigenvalue weighted by atomic mass is 16.3. The summed E-state index contributed by atoms with van der Waals surface area (Å²) in [7, 11) is 0. The molecule has 0 aliphatic heterocycles. The van der Waals surface area contributed by atoms with Crippen LogP contribution in [-0.4, -0.2) is 0 Å². The van der Waals surface area contributed by atoms with Crippen molar-refractivity contribution in [1.29, 1.82) is 0 Å². The van der Waals surface area contributed by atoms with E-state index >= 15 is 0 Å². The van der Waals surface area contributed by atoms with Crippen LogP contribution in [0.5, 0.6) is 0 Å². The van der Waals surface area contributed by atoms with E-state index in [1.165, 1.54) is 66.6 Å². The van der Waals surface area contributed by atoms with Gasteiger partial charge in [-0.25, -0.2) is 0 Å². The van der Waals surface area contributed by atoms with Gasteiger partial charge in [-0.1, -0.05) is 183 Å². The van der Waals surface area contributed by atoms with Crippen LogP contribution in [0.3, 0.4) is 0 Å². The summed E-state index contributed by atoms with van der Waals surface area (Å²) < 4.78 is 7.00. The summed E-state index contributed by atoms with van der Waals surface area (Å²) in [4.78, 5) is 2.51. The minimum absolute atomic E-state index is 0.407. The number of hydrogen-bond acceptors (Lipinski definition) is 2. The smallest absolute Gasteiger partial charge is 0.143 e. The average molecular weight is 792 g/mol. The van der Waals surface area contributed by atoms with E-state index in [-0.39, 0.29) is 0 Å². The molecule has 0 saturated heterocycles. The van der Waals surface area contributed by atoms with E-state index in [9.17, 15) is 0 Å². The Morgan fingerprint density at radius 3 is 1.84 bits per heavy atom. The molecule has 3 aliphatic carbocycles. The third kappa shape index (κ3) is 4.86. The number of hydrogen-bond donors (Lipinski definition) is 0. The van der Waals surface area contributed by atoms with Gasteiger partial charge in [0.15, 0.2) is 0 Å². The Labute approximate surface area is 361 Å². The largest absolute Gasteiger partial charge is 0.455 e. The van der Waals surface area contributed by atoms with Crippen molar-refractivity contribution in [2.24, 2.45) is 5.92 Å². The van der Waals surface area contributed by atoms with Crippen molar-refractivity contribution in [2.75, 3.05) is 4.90 Å². The van der Waals surface area contributed by atoms with Crippen LogP contribution >= 0.6 is 0 Å². The van der Waals surface area contributed by atoms with Gasteiger partial charge < -0.3 is 9.32 Å². The van der Waals surface area contributed by atoms with E-state index in [4.69, 9.17) is 4.42 Å². The summed E-state index contributed by atoms with van der Waals surface area (Å²) in [6.07, 6.45) is 5.83. The van der Waals surface area contributed by atoms with Crippen molar-refractivity contribution in [3.8, 4) is 33.4 Å². The molecule has 292 valence electrons. The Bertz CT molecular complexity index is 3470. The lowest BCUT2D eigenvalue weighted by atomic mass is 9.67. The molecular weight excluding hydrogens is 751 g/mol.